The standard InChI is InChI=1S/C28H21NOSe/c1-20-16-18-23(19-17-20)31-27-24-14-8-9-15-25(24)28(29-22-12-6-3-7-13-22)30-26(27)21-10-4-2-5-11-21/h2-19H,1H3. The third-order valence-electron chi connectivity index (χ3n) is 5.07. The van der Waals surface area contributed by atoms with Crippen LogP contribution in [0.15, 0.2) is 119 Å². The van der Waals surface area contributed by atoms with Crippen molar-refractivity contribution in [1.82, 2.24) is 0 Å². The Kier molecular flexibility index (Phi) is 5.54. The molecule has 5 aromatic rings. The first kappa shape index (κ1) is 19.6. The zero-order chi connectivity index (χ0) is 21.0. The molecule has 1 aromatic heterocycles. The van der Waals surface area contributed by atoms with Gasteiger partial charge in [0, 0.05) is 0 Å². The molecule has 0 spiro atoms. The zero-order valence-electron chi connectivity index (χ0n) is 17.2. The van der Waals surface area contributed by atoms with E-state index in [4.69, 9.17) is 9.41 Å². The van der Waals surface area contributed by atoms with E-state index in [-0.39, 0.29) is 15.0 Å². The van der Waals surface area contributed by atoms with E-state index in [2.05, 4.69) is 73.7 Å². The van der Waals surface area contributed by atoms with Crippen LogP contribution in [-0.2, 0) is 0 Å². The van der Waals surface area contributed by atoms with Gasteiger partial charge in [-0.3, -0.25) is 0 Å². The monoisotopic (exact) mass is 467 g/mol. The van der Waals surface area contributed by atoms with Crippen LogP contribution in [0.1, 0.15) is 5.56 Å². The second kappa shape index (κ2) is 8.77. The van der Waals surface area contributed by atoms with Crippen molar-refractivity contribution in [3.63, 3.8) is 0 Å². The molecule has 0 fully saturated rings. The van der Waals surface area contributed by atoms with Gasteiger partial charge >= 0.3 is 188 Å². The van der Waals surface area contributed by atoms with E-state index in [0.29, 0.717) is 5.55 Å². The van der Waals surface area contributed by atoms with Crippen molar-refractivity contribution in [2.24, 2.45) is 4.99 Å². The summed E-state index contributed by atoms with van der Waals surface area (Å²) in [6.07, 6.45) is 0. The molecule has 4 aromatic carbocycles. The predicted molar refractivity (Wildman–Crippen MR) is 130 cm³/mol. The first-order valence-corrected chi connectivity index (χ1v) is 11.9. The quantitative estimate of drug-likeness (QED) is 0.330. The number of hydrogen-bond donors (Lipinski definition) is 0. The summed E-state index contributed by atoms with van der Waals surface area (Å²) in [6.45, 7) is 2.12. The molecule has 1 heterocycles. The summed E-state index contributed by atoms with van der Waals surface area (Å²) < 4.78 is 9.12. The number of rotatable bonds is 4. The minimum absolute atomic E-state index is 0.0905. The fourth-order valence-corrected chi connectivity index (χ4v) is 5.69. The molecule has 0 aliphatic carbocycles. The molecule has 31 heavy (non-hydrogen) atoms. The first-order valence-electron chi connectivity index (χ1n) is 10.2. The zero-order valence-corrected chi connectivity index (χ0v) is 18.9. The number of hydrogen-bond acceptors (Lipinski definition) is 2. The van der Waals surface area contributed by atoms with Crippen LogP contribution in [0, 0.1) is 6.92 Å². The van der Waals surface area contributed by atoms with Crippen LogP contribution in [0.25, 0.3) is 22.1 Å². The number of para-hydroxylation sites is 1. The van der Waals surface area contributed by atoms with Gasteiger partial charge < -0.3 is 0 Å². The van der Waals surface area contributed by atoms with Gasteiger partial charge in [0.2, 0.25) is 0 Å². The Morgan fingerprint density at radius 1 is 0.645 bits per heavy atom. The summed E-state index contributed by atoms with van der Waals surface area (Å²) in [5.41, 5.74) is 3.87. The SMILES string of the molecule is Cc1ccc([Se]c2c(-c3ccccc3)oc(=Nc3ccccc3)c3ccccc23)cc1. The summed E-state index contributed by atoms with van der Waals surface area (Å²) >= 11 is 0.0905. The molecule has 0 unspecified atom stereocenters. The fraction of sp³-hybridized carbons (Fsp3) is 0.0357. The Hall–Kier alpha value is -3.39. The molecule has 0 radical (unpaired) electrons. The van der Waals surface area contributed by atoms with Gasteiger partial charge in [0.1, 0.15) is 0 Å². The Morgan fingerprint density at radius 3 is 1.97 bits per heavy atom. The summed E-state index contributed by atoms with van der Waals surface area (Å²) in [5.74, 6) is 0.898. The second-order valence-corrected chi connectivity index (χ2v) is 9.61. The van der Waals surface area contributed by atoms with Crippen molar-refractivity contribution in [3.05, 3.63) is 120 Å². The molecular weight excluding hydrogens is 445 g/mol. The molecule has 2 nitrogen and oxygen atoms in total. The fourth-order valence-electron chi connectivity index (χ4n) is 3.50. The number of fused-ring (bicyclic) bond motifs is 1. The normalized spacial score (nSPS) is 11.7. The topological polar surface area (TPSA) is 25.5 Å². The van der Waals surface area contributed by atoms with Gasteiger partial charge in [-0.15, -0.1) is 0 Å². The van der Waals surface area contributed by atoms with Crippen LogP contribution in [0.3, 0.4) is 0 Å². The molecule has 0 saturated carbocycles. The van der Waals surface area contributed by atoms with E-state index in [1.807, 2.05) is 42.5 Å². The van der Waals surface area contributed by atoms with Crippen molar-refractivity contribution in [2.45, 2.75) is 6.92 Å². The molecule has 5 rings (SSSR count). The number of aryl methyl sites for hydroxylation is 1. The molecule has 0 aliphatic rings. The van der Waals surface area contributed by atoms with Gasteiger partial charge in [0.05, 0.1) is 0 Å². The first-order chi connectivity index (χ1) is 15.3. The van der Waals surface area contributed by atoms with Crippen LogP contribution in [0.5, 0.6) is 0 Å². The second-order valence-electron chi connectivity index (χ2n) is 7.34. The Morgan fingerprint density at radius 2 is 1.26 bits per heavy atom. The average Bonchev–Trinajstić information content (AvgIpc) is 2.83. The van der Waals surface area contributed by atoms with Crippen molar-refractivity contribution in [2.75, 3.05) is 0 Å². The van der Waals surface area contributed by atoms with Crippen molar-refractivity contribution in [3.8, 4) is 11.3 Å². The van der Waals surface area contributed by atoms with Crippen molar-refractivity contribution >= 4 is 40.3 Å². The van der Waals surface area contributed by atoms with Crippen LogP contribution in [-0.4, -0.2) is 15.0 Å². The van der Waals surface area contributed by atoms with E-state index in [1.165, 1.54) is 19.9 Å². The third-order valence-corrected chi connectivity index (χ3v) is 7.41. The summed E-state index contributed by atoms with van der Waals surface area (Å²) in [4.78, 5) is 4.86. The van der Waals surface area contributed by atoms with Gasteiger partial charge in [0.15, 0.2) is 0 Å². The molecular formula is C28H21NOSe. The van der Waals surface area contributed by atoms with Crippen LogP contribution >= 0.6 is 0 Å². The van der Waals surface area contributed by atoms with E-state index >= 15 is 0 Å². The van der Waals surface area contributed by atoms with E-state index in [1.54, 1.807) is 0 Å². The molecule has 0 bridgehead atoms. The molecule has 150 valence electrons. The van der Waals surface area contributed by atoms with E-state index in [0.717, 1.165) is 22.4 Å². The molecule has 3 heteroatoms. The van der Waals surface area contributed by atoms with Gasteiger partial charge in [0.25, 0.3) is 0 Å². The maximum atomic E-state index is 6.56. The summed E-state index contributed by atoms with van der Waals surface area (Å²) in [6, 6.07) is 37.6. The molecule has 0 amide bonds. The van der Waals surface area contributed by atoms with Crippen molar-refractivity contribution < 1.29 is 4.42 Å². The van der Waals surface area contributed by atoms with Crippen molar-refractivity contribution in [1.29, 1.82) is 0 Å². The van der Waals surface area contributed by atoms with Gasteiger partial charge in [-0.2, -0.15) is 0 Å². The molecule has 0 N–H and O–H groups in total. The van der Waals surface area contributed by atoms with E-state index < -0.39 is 0 Å². The minimum atomic E-state index is 0.0905. The summed E-state index contributed by atoms with van der Waals surface area (Å²) in [5, 5.41) is 2.23. The van der Waals surface area contributed by atoms with Crippen LogP contribution in [0.2, 0.25) is 0 Å². The van der Waals surface area contributed by atoms with Gasteiger partial charge in [-0.25, -0.2) is 0 Å². The van der Waals surface area contributed by atoms with Gasteiger partial charge in [-0.05, 0) is 0 Å². The Labute approximate surface area is 188 Å². The maximum absolute atomic E-state index is 6.56. The average molecular weight is 466 g/mol. The van der Waals surface area contributed by atoms with Gasteiger partial charge in [-0.1, -0.05) is 0 Å². The predicted octanol–water partition coefficient (Wildman–Crippen LogP) is 5.30. The summed E-state index contributed by atoms with van der Waals surface area (Å²) in [7, 11) is 0. The number of nitrogens with zero attached hydrogens (tertiary/aromatic N) is 1. The van der Waals surface area contributed by atoms with E-state index in [9.17, 15) is 0 Å². The molecule has 0 atom stereocenters. The number of benzene rings is 4. The Balaban J connectivity index is 1.80. The van der Waals surface area contributed by atoms with Crippen LogP contribution < -0.4 is 14.5 Å². The Bertz CT molecular complexity index is 1390. The van der Waals surface area contributed by atoms with Crippen LogP contribution in [0.4, 0.5) is 5.69 Å². The molecule has 0 aliphatic heterocycles. The third kappa shape index (κ3) is 4.25. The molecule has 0 saturated heterocycles.